The van der Waals surface area contributed by atoms with Gasteiger partial charge < -0.3 is 19.5 Å². The van der Waals surface area contributed by atoms with E-state index in [1.807, 2.05) is 30.3 Å². The zero-order valence-electron chi connectivity index (χ0n) is 36.6. The van der Waals surface area contributed by atoms with E-state index in [0.717, 1.165) is 50.6 Å². The number of hydrogen-bond donors (Lipinski definition) is 1. The van der Waals surface area contributed by atoms with E-state index in [4.69, 9.17) is 14.2 Å². The molecule has 3 unspecified atom stereocenters. The number of carbonyl (C=O) groups excluding carboxylic acids is 3. The maximum Gasteiger partial charge on any atom is 0.306 e. The molecule has 0 heterocycles. The van der Waals surface area contributed by atoms with E-state index in [2.05, 4.69) is 39.9 Å². The summed E-state index contributed by atoms with van der Waals surface area (Å²) in [6, 6.07) is 10.5. The van der Waals surface area contributed by atoms with E-state index in [9.17, 15) is 14.4 Å². The molecule has 0 radical (unpaired) electrons. The molecule has 320 valence electrons. The molecule has 0 amide bonds. The van der Waals surface area contributed by atoms with Crippen LogP contribution >= 0.6 is 0 Å². The number of rotatable bonds is 38. The second-order valence-corrected chi connectivity index (χ2v) is 15.8. The van der Waals surface area contributed by atoms with Gasteiger partial charge in [0.15, 0.2) is 0 Å². The van der Waals surface area contributed by atoms with Crippen molar-refractivity contribution in [2.24, 2.45) is 11.8 Å². The SMILES string of the molecule is CCCCC(CC)COC=O.CCCCCCCCCC(CCCCCCCCC(=O)OCC(CC)CCCC)NCCCCC(=O)OCc1ccccc1. The Morgan fingerprint density at radius 1 is 0.564 bits per heavy atom. The number of ether oxygens (including phenoxy) is 3. The van der Waals surface area contributed by atoms with Crippen molar-refractivity contribution in [3.8, 4) is 0 Å². The molecule has 0 saturated carbocycles. The first-order valence-corrected chi connectivity index (χ1v) is 23.1. The van der Waals surface area contributed by atoms with E-state index in [1.165, 1.54) is 122 Å². The first kappa shape index (κ1) is 52.6. The van der Waals surface area contributed by atoms with E-state index < -0.39 is 0 Å². The van der Waals surface area contributed by atoms with Crippen molar-refractivity contribution in [2.45, 2.75) is 221 Å². The standard InChI is InChI=1S/C39H69NO4.C9H18O2/c1-4-7-9-10-11-14-20-28-37(40-32-24-23-31-39(42)44-34-36-26-18-17-19-27-36)29-21-15-12-13-16-22-30-38(41)43-33-35(6-3)25-8-5-2;1-3-5-6-9(4-2)7-11-8-10/h17-19,26-27,35,37,40H,4-16,20-25,28-34H2,1-3H3;8-9H,3-7H2,1-2H3. The molecule has 0 spiro atoms. The van der Waals surface area contributed by atoms with Crippen LogP contribution in [0.5, 0.6) is 0 Å². The predicted octanol–water partition coefficient (Wildman–Crippen LogP) is 13.3. The van der Waals surface area contributed by atoms with Crippen molar-refractivity contribution in [2.75, 3.05) is 19.8 Å². The molecule has 3 atom stereocenters. The van der Waals surface area contributed by atoms with Gasteiger partial charge in [-0.05, 0) is 68.9 Å². The third kappa shape index (κ3) is 35.7. The van der Waals surface area contributed by atoms with Crippen LogP contribution in [0.4, 0.5) is 0 Å². The van der Waals surface area contributed by atoms with Gasteiger partial charge in [-0.25, -0.2) is 0 Å². The summed E-state index contributed by atoms with van der Waals surface area (Å²) in [4.78, 5) is 34.1. The summed E-state index contributed by atoms with van der Waals surface area (Å²) in [5.74, 6) is 0.985. The smallest absolute Gasteiger partial charge is 0.306 e. The maximum absolute atomic E-state index is 12.1. The second kappa shape index (κ2) is 41.2. The average molecular weight is 774 g/mol. The minimum absolute atomic E-state index is 0.0108. The highest BCUT2D eigenvalue weighted by molar-refractivity contribution is 5.69. The summed E-state index contributed by atoms with van der Waals surface area (Å²) in [7, 11) is 0. The molecule has 1 aromatic rings. The molecular formula is C48H87NO6. The zero-order chi connectivity index (χ0) is 40.5. The van der Waals surface area contributed by atoms with Crippen molar-refractivity contribution >= 4 is 18.4 Å². The van der Waals surface area contributed by atoms with Gasteiger partial charge in [0, 0.05) is 18.9 Å². The first-order chi connectivity index (χ1) is 26.9. The first-order valence-electron chi connectivity index (χ1n) is 23.1. The molecular weight excluding hydrogens is 687 g/mol. The van der Waals surface area contributed by atoms with Crippen LogP contribution in [0, 0.1) is 11.8 Å². The molecule has 55 heavy (non-hydrogen) atoms. The average Bonchev–Trinajstić information content (AvgIpc) is 3.21. The topological polar surface area (TPSA) is 90.9 Å². The Morgan fingerprint density at radius 3 is 1.60 bits per heavy atom. The summed E-state index contributed by atoms with van der Waals surface area (Å²) < 4.78 is 15.7. The zero-order valence-corrected chi connectivity index (χ0v) is 36.6. The summed E-state index contributed by atoms with van der Waals surface area (Å²) in [5.41, 5.74) is 1.04. The van der Waals surface area contributed by atoms with E-state index in [0.29, 0.717) is 57.0 Å². The molecule has 0 bridgehead atoms. The highest BCUT2D eigenvalue weighted by atomic mass is 16.5. The monoisotopic (exact) mass is 774 g/mol. The lowest BCUT2D eigenvalue weighted by molar-refractivity contribution is -0.146. The number of nitrogens with one attached hydrogen (secondary N) is 1. The van der Waals surface area contributed by atoms with Crippen LogP contribution in [0.15, 0.2) is 30.3 Å². The molecule has 1 rings (SSSR count). The maximum atomic E-state index is 12.1. The summed E-state index contributed by atoms with van der Waals surface area (Å²) >= 11 is 0. The summed E-state index contributed by atoms with van der Waals surface area (Å²) in [6.45, 7) is 14.1. The quantitative estimate of drug-likeness (QED) is 0.0310. The highest BCUT2D eigenvalue weighted by Crippen LogP contribution is 2.17. The van der Waals surface area contributed by atoms with Crippen LogP contribution in [0.1, 0.15) is 214 Å². The van der Waals surface area contributed by atoms with Gasteiger partial charge in [-0.2, -0.15) is 0 Å². The summed E-state index contributed by atoms with van der Waals surface area (Å²) in [6.07, 6.45) is 31.4. The molecule has 0 aliphatic heterocycles. The molecule has 7 heteroatoms. The van der Waals surface area contributed by atoms with Crippen LogP contribution in [0.2, 0.25) is 0 Å². The fraction of sp³-hybridized carbons (Fsp3) is 0.812. The lowest BCUT2D eigenvalue weighted by Crippen LogP contribution is -2.30. The fourth-order valence-corrected chi connectivity index (χ4v) is 6.83. The Morgan fingerprint density at radius 2 is 1.05 bits per heavy atom. The van der Waals surface area contributed by atoms with Gasteiger partial charge in [0.2, 0.25) is 0 Å². The molecule has 0 aromatic heterocycles. The second-order valence-electron chi connectivity index (χ2n) is 15.8. The molecule has 1 N–H and O–H groups in total. The number of benzene rings is 1. The Bertz CT molecular complexity index is 972. The van der Waals surface area contributed by atoms with Crippen LogP contribution < -0.4 is 5.32 Å². The lowest BCUT2D eigenvalue weighted by Gasteiger charge is -2.19. The van der Waals surface area contributed by atoms with Gasteiger partial charge in [-0.3, -0.25) is 14.4 Å². The van der Waals surface area contributed by atoms with E-state index in [1.54, 1.807) is 0 Å². The number of hydrogen-bond acceptors (Lipinski definition) is 7. The van der Waals surface area contributed by atoms with E-state index >= 15 is 0 Å². The third-order valence-corrected chi connectivity index (χ3v) is 10.8. The van der Waals surface area contributed by atoms with Gasteiger partial charge in [-0.15, -0.1) is 0 Å². The van der Waals surface area contributed by atoms with Crippen molar-refractivity contribution in [1.82, 2.24) is 5.32 Å². The van der Waals surface area contributed by atoms with Gasteiger partial charge in [0.25, 0.3) is 6.47 Å². The van der Waals surface area contributed by atoms with Crippen molar-refractivity contribution in [3.05, 3.63) is 35.9 Å². The van der Waals surface area contributed by atoms with Crippen LogP contribution in [0.3, 0.4) is 0 Å². The molecule has 0 saturated heterocycles. The Hall–Kier alpha value is -2.41. The van der Waals surface area contributed by atoms with Gasteiger partial charge in [-0.1, -0.05) is 181 Å². The Kier molecular flexibility index (Phi) is 39.4. The predicted molar refractivity (Wildman–Crippen MR) is 231 cm³/mol. The minimum Gasteiger partial charge on any atom is -0.468 e. The lowest BCUT2D eigenvalue weighted by atomic mass is 9.99. The largest absolute Gasteiger partial charge is 0.468 e. The molecule has 7 nitrogen and oxygen atoms in total. The van der Waals surface area contributed by atoms with Crippen LogP contribution in [-0.4, -0.2) is 44.2 Å². The highest BCUT2D eigenvalue weighted by Gasteiger charge is 2.11. The van der Waals surface area contributed by atoms with Crippen molar-refractivity contribution in [1.29, 1.82) is 0 Å². The van der Waals surface area contributed by atoms with Crippen molar-refractivity contribution in [3.63, 3.8) is 0 Å². The van der Waals surface area contributed by atoms with Gasteiger partial charge in [0.05, 0.1) is 13.2 Å². The Labute approximate surface area is 339 Å². The van der Waals surface area contributed by atoms with Crippen LogP contribution in [0.25, 0.3) is 0 Å². The number of carbonyl (C=O) groups is 3. The number of esters is 2. The number of unbranched alkanes of at least 4 members (excludes halogenated alkanes) is 14. The van der Waals surface area contributed by atoms with Crippen molar-refractivity contribution < 1.29 is 28.6 Å². The summed E-state index contributed by atoms with van der Waals surface area (Å²) in [5, 5.41) is 3.82. The molecule has 0 fully saturated rings. The Balaban J connectivity index is 0.00000228. The molecule has 0 aliphatic carbocycles. The minimum atomic E-state index is -0.0992. The fourth-order valence-electron chi connectivity index (χ4n) is 6.83. The van der Waals surface area contributed by atoms with Gasteiger partial charge in [0.1, 0.15) is 6.61 Å². The molecule has 1 aromatic carbocycles. The van der Waals surface area contributed by atoms with Gasteiger partial charge >= 0.3 is 11.9 Å². The van der Waals surface area contributed by atoms with Crippen LogP contribution in [-0.2, 0) is 35.2 Å². The molecule has 0 aliphatic rings. The third-order valence-electron chi connectivity index (χ3n) is 10.8. The normalized spacial score (nSPS) is 12.6. The van der Waals surface area contributed by atoms with E-state index in [-0.39, 0.29) is 11.9 Å².